The quantitative estimate of drug-likeness (QED) is 0.353. The second kappa shape index (κ2) is 14.2. The van der Waals surface area contributed by atoms with Gasteiger partial charge in [-0.1, -0.05) is 0 Å². The molecule has 2 N–H and O–H groups in total. The molecule has 0 spiro atoms. The Morgan fingerprint density at radius 1 is 1.19 bits per heavy atom. The van der Waals surface area contributed by atoms with E-state index in [-0.39, 0.29) is 6.10 Å². The molecule has 2 unspecified atom stereocenters. The molecule has 1 aromatic rings. The monoisotopic (exact) mass is 449 g/mol. The van der Waals surface area contributed by atoms with Gasteiger partial charge in [0.2, 0.25) is 0 Å². The molecule has 0 aromatic heterocycles. The fraction of sp³-hybridized carbons (Fsp3) is 0.708. The Bertz CT molecular complexity index is 676. The number of hydrogen-bond donors (Lipinski definition) is 2. The van der Waals surface area contributed by atoms with Gasteiger partial charge in [-0.2, -0.15) is 0 Å². The number of hydrogen-bond acceptors (Lipinski definition) is 6. The van der Waals surface area contributed by atoms with Crippen molar-refractivity contribution in [2.45, 2.75) is 45.4 Å². The summed E-state index contributed by atoms with van der Waals surface area (Å²) in [7, 11) is 7.55. The van der Waals surface area contributed by atoms with Crippen LogP contribution in [-0.4, -0.2) is 95.6 Å². The van der Waals surface area contributed by atoms with Crippen LogP contribution in [0.25, 0.3) is 0 Å². The van der Waals surface area contributed by atoms with Crippen LogP contribution < -0.4 is 20.1 Å². The number of methoxy groups -OCH3 is 2. The Labute approximate surface area is 194 Å². The Balaban J connectivity index is 1.91. The van der Waals surface area contributed by atoms with Gasteiger partial charge in [-0.05, 0) is 58.5 Å². The van der Waals surface area contributed by atoms with Crippen LogP contribution in [0.3, 0.4) is 0 Å². The molecular weight excluding hydrogens is 406 g/mol. The van der Waals surface area contributed by atoms with Crippen molar-refractivity contribution in [3.8, 4) is 11.5 Å². The van der Waals surface area contributed by atoms with Crippen molar-refractivity contribution in [1.29, 1.82) is 0 Å². The lowest BCUT2D eigenvalue weighted by Crippen LogP contribution is -2.45. The van der Waals surface area contributed by atoms with E-state index in [1.54, 1.807) is 14.2 Å². The predicted molar refractivity (Wildman–Crippen MR) is 131 cm³/mol. The van der Waals surface area contributed by atoms with Crippen molar-refractivity contribution in [1.82, 2.24) is 20.4 Å². The molecule has 0 amide bonds. The van der Waals surface area contributed by atoms with Crippen molar-refractivity contribution in [2.75, 3.05) is 67.6 Å². The summed E-state index contributed by atoms with van der Waals surface area (Å²) in [6.45, 7) is 10.2. The molecule has 8 heteroatoms. The number of aliphatic imine (C=N–C) groups is 1. The lowest BCUT2D eigenvalue weighted by atomic mass is 10.2. The van der Waals surface area contributed by atoms with Crippen LogP contribution >= 0.6 is 0 Å². The van der Waals surface area contributed by atoms with Gasteiger partial charge < -0.3 is 29.7 Å². The number of nitrogens with zero attached hydrogens (tertiary/aromatic N) is 3. The Morgan fingerprint density at radius 3 is 2.50 bits per heavy atom. The fourth-order valence-electron chi connectivity index (χ4n) is 3.88. The van der Waals surface area contributed by atoms with Gasteiger partial charge in [0.1, 0.15) is 11.5 Å². The Morgan fingerprint density at radius 2 is 1.91 bits per heavy atom. The zero-order valence-corrected chi connectivity index (χ0v) is 20.8. The van der Waals surface area contributed by atoms with E-state index in [1.165, 1.54) is 5.56 Å². The third kappa shape index (κ3) is 9.22. The molecule has 1 heterocycles. The molecule has 1 saturated heterocycles. The standard InChI is InChI=1S/C24H43N5O3/c1-7-25-24(26-16-21(32-8-2)10-11-28(3)4)27-20-9-12-29(18-20)17-19-13-22(30-5)15-23(14-19)31-6/h13-15,20-21H,7-12,16-18H2,1-6H3,(H2,25,26,27). The van der Waals surface area contributed by atoms with E-state index in [9.17, 15) is 0 Å². The summed E-state index contributed by atoms with van der Waals surface area (Å²) >= 11 is 0. The summed E-state index contributed by atoms with van der Waals surface area (Å²) in [5, 5.41) is 7.01. The van der Waals surface area contributed by atoms with E-state index in [0.717, 1.165) is 63.0 Å². The van der Waals surface area contributed by atoms with E-state index in [4.69, 9.17) is 19.2 Å². The molecule has 0 aliphatic carbocycles. The highest BCUT2D eigenvalue weighted by Crippen LogP contribution is 2.24. The van der Waals surface area contributed by atoms with Gasteiger partial charge in [-0.3, -0.25) is 9.89 Å². The van der Waals surface area contributed by atoms with E-state index < -0.39 is 0 Å². The minimum Gasteiger partial charge on any atom is -0.497 e. The van der Waals surface area contributed by atoms with Crippen molar-refractivity contribution < 1.29 is 14.2 Å². The normalized spacial score (nSPS) is 18.1. The van der Waals surface area contributed by atoms with E-state index in [0.29, 0.717) is 19.2 Å². The average Bonchev–Trinajstić information content (AvgIpc) is 3.21. The number of ether oxygens (including phenoxy) is 3. The summed E-state index contributed by atoms with van der Waals surface area (Å²) in [4.78, 5) is 9.47. The van der Waals surface area contributed by atoms with Gasteiger partial charge in [0.05, 0.1) is 26.9 Å². The minimum atomic E-state index is 0.140. The smallest absolute Gasteiger partial charge is 0.191 e. The zero-order valence-electron chi connectivity index (χ0n) is 20.8. The van der Waals surface area contributed by atoms with Gasteiger partial charge in [-0.25, -0.2) is 0 Å². The topological polar surface area (TPSA) is 70.6 Å². The van der Waals surface area contributed by atoms with Crippen LogP contribution in [0.2, 0.25) is 0 Å². The molecule has 0 bridgehead atoms. The third-order valence-corrected chi connectivity index (χ3v) is 5.53. The molecular formula is C24H43N5O3. The number of guanidine groups is 1. The van der Waals surface area contributed by atoms with Gasteiger partial charge in [0, 0.05) is 51.4 Å². The zero-order chi connectivity index (χ0) is 23.3. The van der Waals surface area contributed by atoms with Crippen molar-refractivity contribution in [3.63, 3.8) is 0 Å². The average molecular weight is 450 g/mol. The van der Waals surface area contributed by atoms with E-state index >= 15 is 0 Å². The molecule has 1 aromatic carbocycles. The first kappa shape index (κ1) is 26.2. The van der Waals surface area contributed by atoms with Crippen LogP contribution in [0, 0.1) is 0 Å². The summed E-state index contributed by atoms with van der Waals surface area (Å²) in [5.41, 5.74) is 1.20. The maximum atomic E-state index is 5.89. The Kier molecular flexibility index (Phi) is 11.6. The van der Waals surface area contributed by atoms with Gasteiger partial charge >= 0.3 is 0 Å². The number of benzene rings is 1. The maximum absolute atomic E-state index is 5.89. The first-order valence-electron chi connectivity index (χ1n) is 11.7. The Hall–Kier alpha value is -2.03. The van der Waals surface area contributed by atoms with E-state index in [2.05, 4.69) is 53.6 Å². The molecule has 1 aliphatic heterocycles. The highest BCUT2D eigenvalue weighted by molar-refractivity contribution is 5.80. The summed E-state index contributed by atoms with van der Waals surface area (Å²) < 4.78 is 16.7. The second-order valence-corrected chi connectivity index (χ2v) is 8.47. The molecule has 0 saturated carbocycles. The largest absolute Gasteiger partial charge is 0.497 e. The van der Waals surface area contributed by atoms with Crippen LogP contribution in [0.5, 0.6) is 11.5 Å². The van der Waals surface area contributed by atoms with Gasteiger partial charge in [-0.15, -0.1) is 0 Å². The van der Waals surface area contributed by atoms with Crippen molar-refractivity contribution in [3.05, 3.63) is 23.8 Å². The fourth-order valence-corrected chi connectivity index (χ4v) is 3.88. The summed E-state index contributed by atoms with van der Waals surface area (Å²) in [6, 6.07) is 6.44. The van der Waals surface area contributed by atoms with Crippen molar-refractivity contribution in [2.24, 2.45) is 4.99 Å². The van der Waals surface area contributed by atoms with Gasteiger partial charge in [0.15, 0.2) is 5.96 Å². The van der Waals surface area contributed by atoms with Crippen LogP contribution in [0.4, 0.5) is 0 Å². The predicted octanol–water partition coefficient (Wildman–Crippen LogP) is 2.19. The first-order chi connectivity index (χ1) is 15.5. The lowest BCUT2D eigenvalue weighted by Gasteiger charge is -2.21. The molecule has 0 radical (unpaired) electrons. The van der Waals surface area contributed by atoms with Crippen LogP contribution in [0.15, 0.2) is 23.2 Å². The molecule has 1 fully saturated rings. The SMILES string of the molecule is CCNC(=NCC(CCN(C)C)OCC)NC1CCN(Cc2cc(OC)cc(OC)c2)C1. The number of rotatable bonds is 13. The molecule has 8 nitrogen and oxygen atoms in total. The number of nitrogens with one attached hydrogen (secondary N) is 2. The maximum Gasteiger partial charge on any atom is 0.191 e. The number of likely N-dealkylation sites (tertiary alicyclic amines) is 1. The highest BCUT2D eigenvalue weighted by Gasteiger charge is 2.23. The lowest BCUT2D eigenvalue weighted by molar-refractivity contribution is 0.0582. The summed E-state index contributed by atoms with van der Waals surface area (Å²) in [5.74, 6) is 2.53. The molecule has 2 atom stereocenters. The molecule has 32 heavy (non-hydrogen) atoms. The first-order valence-corrected chi connectivity index (χ1v) is 11.7. The van der Waals surface area contributed by atoms with E-state index in [1.807, 2.05) is 13.0 Å². The van der Waals surface area contributed by atoms with Crippen LogP contribution in [0.1, 0.15) is 32.3 Å². The second-order valence-electron chi connectivity index (χ2n) is 8.47. The molecule has 2 rings (SSSR count). The highest BCUT2D eigenvalue weighted by atomic mass is 16.5. The van der Waals surface area contributed by atoms with Crippen molar-refractivity contribution >= 4 is 5.96 Å². The molecule has 182 valence electrons. The summed E-state index contributed by atoms with van der Waals surface area (Å²) in [6.07, 6.45) is 2.20. The third-order valence-electron chi connectivity index (χ3n) is 5.53. The van der Waals surface area contributed by atoms with Crippen LogP contribution in [-0.2, 0) is 11.3 Å². The minimum absolute atomic E-state index is 0.140. The van der Waals surface area contributed by atoms with Gasteiger partial charge in [0.25, 0.3) is 0 Å². The molecule has 1 aliphatic rings.